The third-order valence-corrected chi connectivity index (χ3v) is 4.06. The van der Waals surface area contributed by atoms with Crippen molar-refractivity contribution in [2.45, 2.75) is 25.8 Å². The van der Waals surface area contributed by atoms with E-state index >= 15 is 0 Å². The summed E-state index contributed by atoms with van der Waals surface area (Å²) >= 11 is 0. The molecule has 3 nitrogen and oxygen atoms in total. The van der Waals surface area contributed by atoms with Gasteiger partial charge in [0.05, 0.1) is 0 Å². The van der Waals surface area contributed by atoms with Gasteiger partial charge in [-0.2, -0.15) is 0 Å². The van der Waals surface area contributed by atoms with Crippen molar-refractivity contribution in [1.82, 2.24) is 9.88 Å². The van der Waals surface area contributed by atoms with Crippen LogP contribution in [0.1, 0.15) is 19.3 Å². The molecule has 2 heterocycles. The van der Waals surface area contributed by atoms with Crippen molar-refractivity contribution in [3.8, 4) is 0 Å². The van der Waals surface area contributed by atoms with Crippen LogP contribution in [0.25, 0.3) is 10.8 Å². The molecule has 0 saturated carbocycles. The summed E-state index contributed by atoms with van der Waals surface area (Å²) in [6.45, 7) is 3.07. The second-order valence-corrected chi connectivity index (χ2v) is 5.40. The minimum Gasteiger partial charge on any atom is -0.316 e. The van der Waals surface area contributed by atoms with Crippen LogP contribution in [0.5, 0.6) is 0 Å². The van der Waals surface area contributed by atoms with Crippen LogP contribution >= 0.6 is 0 Å². The maximum atomic E-state index is 12.3. The largest absolute Gasteiger partial charge is 0.316 e. The van der Waals surface area contributed by atoms with E-state index in [1.165, 1.54) is 12.8 Å². The minimum atomic E-state index is 0.141. The number of pyridine rings is 1. The van der Waals surface area contributed by atoms with Crippen molar-refractivity contribution < 1.29 is 0 Å². The second-order valence-electron chi connectivity index (χ2n) is 5.40. The standard InChI is InChI=1S/C16H20N2O/c19-16-15-6-2-1-5-14(15)8-11-18(16)10-7-13-4-3-9-17-12-13/h1-2,5-6,8,11,13,17H,3-4,7,9-10,12H2. The summed E-state index contributed by atoms with van der Waals surface area (Å²) in [6.07, 6.45) is 5.57. The summed E-state index contributed by atoms with van der Waals surface area (Å²) in [6, 6.07) is 9.84. The van der Waals surface area contributed by atoms with E-state index in [4.69, 9.17) is 0 Å². The molecule has 19 heavy (non-hydrogen) atoms. The Bertz CT molecular complexity index is 611. The molecule has 0 amide bonds. The number of aromatic nitrogens is 1. The van der Waals surface area contributed by atoms with Crippen molar-refractivity contribution in [2.75, 3.05) is 13.1 Å². The van der Waals surface area contributed by atoms with Gasteiger partial charge in [0, 0.05) is 18.1 Å². The van der Waals surface area contributed by atoms with Gasteiger partial charge in [0.1, 0.15) is 0 Å². The van der Waals surface area contributed by atoms with Crippen LogP contribution in [-0.4, -0.2) is 17.7 Å². The van der Waals surface area contributed by atoms with Crippen LogP contribution in [0.3, 0.4) is 0 Å². The molecule has 1 aromatic heterocycles. The molecule has 1 atom stereocenters. The first-order chi connectivity index (χ1) is 9.34. The maximum Gasteiger partial charge on any atom is 0.258 e. The van der Waals surface area contributed by atoms with Crippen molar-refractivity contribution in [3.63, 3.8) is 0 Å². The Morgan fingerprint density at radius 1 is 1.26 bits per heavy atom. The molecule has 1 saturated heterocycles. The van der Waals surface area contributed by atoms with Crippen LogP contribution in [0.15, 0.2) is 41.3 Å². The summed E-state index contributed by atoms with van der Waals surface area (Å²) in [5, 5.41) is 5.28. The van der Waals surface area contributed by atoms with Crippen LogP contribution < -0.4 is 10.9 Å². The van der Waals surface area contributed by atoms with Gasteiger partial charge >= 0.3 is 0 Å². The molecule has 1 unspecified atom stereocenters. The van der Waals surface area contributed by atoms with Gasteiger partial charge < -0.3 is 9.88 Å². The first kappa shape index (κ1) is 12.4. The highest BCUT2D eigenvalue weighted by Crippen LogP contribution is 2.15. The monoisotopic (exact) mass is 256 g/mol. The highest BCUT2D eigenvalue weighted by molar-refractivity contribution is 5.81. The van der Waals surface area contributed by atoms with Crippen molar-refractivity contribution in [3.05, 3.63) is 46.9 Å². The Morgan fingerprint density at radius 3 is 3.00 bits per heavy atom. The zero-order valence-electron chi connectivity index (χ0n) is 11.1. The van der Waals surface area contributed by atoms with E-state index in [2.05, 4.69) is 5.32 Å². The van der Waals surface area contributed by atoms with E-state index in [9.17, 15) is 4.79 Å². The van der Waals surface area contributed by atoms with Gasteiger partial charge in [0.2, 0.25) is 0 Å². The molecular formula is C16H20N2O. The molecule has 1 aliphatic heterocycles. The van der Waals surface area contributed by atoms with Crippen molar-refractivity contribution in [1.29, 1.82) is 0 Å². The Balaban J connectivity index is 1.77. The Labute approximate surface area is 113 Å². The number of nitrogens with zero attached hydrogens (tertiary/aromatic N) is 1. The van der Waals surface area contributed by atoms with Gasteiger partial charge in [-0.1, -0.05) is 18.2 Å². The molecule has 0 spiro atoms. The lowest BCUT2D eigenvalue weighted by Gasteiger charge is -2.22. The lowest BCUT2D eigenvalue weighted by molar-refractivity contribution is 0.340. The fourth-order valence-corrected chi connectivity index (χ4v) is 2.90. The number of hydrogen-bond donors (Lipinski definition) is 1. The molecule has 100 valence electrons. The first-order valence-corrected chi connectivity index (χ1v) is 7.13. The number of rotatable bonds is 3. The molecule has 0 radical (unpaired) electrons. The predicted octanol–water partition coefficient (Wildman–Crippen LogP) is 2.39. The van der Waals surface area contributed by atoms with Crippen molar-refractivity contribution in [2.24, 2.45) is 5.92 Å². The lowest BCUT2D eigenvalue weighted by atomic mass is 9.96. The molecule has 1 aromatic carbocycles. The number of benzene rings is 1. The van der Waals surface area contributed by atoms with Crippen LogP contribution in [0.2, 0.25) is 0 Å². The van der Waals surface area contributed by atoms with E-state index < -0.39 is 0 Å². The summed E-state index contributed by atoms with van der Waals surface area (Å²) in [5.41, 5.74) is 0.141. The van der Waals surface area contributed by atoms with E-state index in [0.29, 0.717) is 5.92 Å². The summed E-state index contributed by atoms with van der Waals surface area (Å²) < 4.78 is 1.86. The van der Waals surface area contributed by atoms with Gasteiger partial charge in [-0.05, 0) is 55.8 Å². The van der Waals surface area contributed by atoms with E-state index in [1.54, 1.807) is 0 Å². The van der Waals surface area contributed by atoms with E-state index in [-0.39, 0.29) is 5.56 Å². The number of fused-ring (bicyclic) bond motifs is 1. The predicted molar refractivity (Wildman–Crippen MR) is 78.4 cm³/mol. The zero-order valence-corrected chi connectivity index (χ0v) is 11.1. The SMILES string of the molecule is O=c1c2ccccc2ccn1CCC1CCCNC1. The number of nitrogens with one attached hydrogen (secondary N) is 1. The average Bonchev–Trinajstić information content (AvgIpc) is 2.48. The molecule has 1 fully saturated rings. The van der Waals surface area contributed by atoms with E-state index in [0.717, 1.165) is 36.8 Å². The molecule has 3 rings (SSSR count). The highest BCUT2D eigenvalue weighted by atomic mass is 16.1. The normalized spacial score (nSPS) is 19.7. The Morgan fingerprint density at radius 2 is 2.16 bits per heavy atom. The molecule has 0 bridgehead atoms. The van der Waals surface area contributed by atoms with Gasteiger partial charge in [0.15, 0.2) is 0 Å². The van der Waals surface area contributed by atoms with Gasteiger partial charge in [-0.3, -0.25) is 4.79 Å². The highest BCUT2D eigenvalue weighted by Gasteiger charge is 2.13. The van der Waals surface area contributed by atoms with Crippen LogP contribution in [0, 0.1) is 5.92 Å². The smallest absolute Gasteiger partial charge is 0.258 e. The molecule has 0 aliphatic carbocycles. The second kappa shape index (κ2) is 5.57. The van der Waals surface area contributed by atoms with Gasteiger partial charge in [0.25, 0.3) is 5.56 Å². The zero-order chi connectivity index (χ0) is 13.1. The quantitative estimate of drug-likeness (QED) is 0.915. The molecule has 3 heteroatoms. The van der Waals surface area contributed by atoms with Gasteiger partial charge in [-0.15, -0.1) is 0 Å². The average molecular weight is 256 g/mol. The van der Waals surface area contributed by atoms with Crippen molar-refractivity contribution >= 4 is 10.8 Å². The number of hydrogen-bond acceptors (Lipinski definition) is 2. The van der Waals surface area contributed by atoms with E-state index in [1.807, 2.05) is 41.1 Å². The van der Waals surface area contributed by atoms with Crippen LogP contribution in [0.4, 0.5) is 0 Å². The minimum absolute atomic E-state index is 0.141. The third kappa shape index (κ3) is 2.71. The lowest BCUT2D eigenvalue weighted by Crippen LogP contribution is -2.31. The molecule has 1 N–H and O–H groups in total. The summed E-state index contributed by atoms with van der Waals surface area (Å²) in [4.78, 5) is 12.3. The molecule has 2 aromatic rings. The molecular weight excluding hydrogens is 236 g/mol. The summed E-state index contributed by atoms with van der Waals surface area (Å²) in [5.74, 6) is 0.715. The Kier molecular flexibility index (Phi) is 3.65. The Hall–Kier alpha value is -1.61. The number of aryl methyl sites for hydroxylation is 1. The third-order valence-electron chi connectivity index (χ3n) is 4.06. The molecule has 1 aliphatic rings. The van der Waals surface area contributed by atoms with Gasteiger partial charge in [-0.25, -0.2) is 0 Å². The summed E-state index contributed by atoms with van der Waals surface area (Å²) in [7, 11) is 0. The topological polar surface area (TPSA) is 34.0 Å². The maximum absolute atomic E-state index is 12.3. The van der Waals surface area contributed by atoms with Crippen LogP contribution in [-0.2, 0) is 6.54 Å². The number of piperidine rings is 1. The fourth-order valence-electron chi connectivity index (χ4n) is 2.90. The fraction of sp³-hybridized carbons (Fsp3) is 0.438. The first-order valence-electron chi connectivity index (χ1n) is 7.13.